The Bertz CT molecular complexity index is 434. The molecule has 0 saturated carbocycles. The molecule has 0 radical (unpaired) electrons. The summed E-state index contributed by atoms with van der Waals surface area (Å²) in [5, 5.41) is 0.857. The maximum atomic E-state index is 6.43. The van der Waals surface area contributed by atoms with Crippen LogP contribution in [-0.4, -0.2) is 30.1 Å². The number of benzene rings is 1. The van der Waals surface area contributed by atoms with Gasteiger partial charge < -0.3 is 10.6 Å². The van der Waals surface area contributed by atoms with Gasteiger partial charge in [-0.25, -0.2) is 0 Å². The van der Waals surface area contributed by atoms with Crippen molar-refractivity contribution in [1.82, 2.24) is 0 Å². The van der Waals surface area contributed by atoms with Gasteiger partial charge in [-0.15, -0.1) is 0 Å². The molecule has 1 heterocycles. The lowest BCUT2D eigenvalue weighted by atomic mass is 10.1. The Labute approximate surface area is 125 Å². The summed E-state index contributed by atoms with van der Waals surface area (Å²) < 4.78 is 0.376. The average Bonchev–Trinajstić information content (AvgIpc) is 2.51. The third kappa shape index (κ3) is 4.04. The Morgan fingerprint density at radius 3 is 2.84 bits per heavy atom. The molecule has 0 aromatic heterocycles. The Morgan fingerprint density at radius 1 is 1.37 bits per heavy atom. The molecule has 0 atom stereocenters. The SMILES string of the molecule is CC1(C)CCN(c2ccc(CCN)cc2Cl)CCS1. The molecule has 2 rings (SSSR count). The Kier molecular flexibility index (Phi) is 5.04. The monoisotopic (exact) mass is 298 g/mol. The molecule has 1 aromatic carbocycles. The topological polar surface area (TPSA) is 29.3 Å². The standard InChI is InChI=1S/C15H23ClN2S/c1-15(2)6-8-18(9-10-19-15)14-4-3-12(5-7-17)11-13(14)16/h3-4,11H,5-10,17H2,1-2H3. The van der Waals surface area contributed by atoms with Gasteiger partial charge in [0.15, 0.2) is 0 Å². The van der Waals surface area contributed by atoms with E-state index in [1.54, 1.807) is 0 Å². The van der Waals surface area contributed by atoms with Crippen LogP contribution in [0.15, 0.2) is 18.2 Å². The van der Waals surface area contributed by atoms with Crippen molar-refractivity contribution in [2.75, 3.05) is 30.3 Å². The molecule has 0 amide bonds. The normalized spacial score (nSPS) is 19.3. The van der Waals surface area contributed by atoms with Gasteiger partial charge in [0.1, 0.15) is 0 Å². The van der Waals surface area contributed by atoms with Crippen molar-refractivity contribution < 1.29 is 0 Å². The molecule has 0 bridgehead atoms. The van der Waals surface area contributed by atoms with Crippen LogP contribution in [0.3, 0.4) is 0 Å². The largest absolute Gasteiger partial charge is 0.369 e. The number of thioether (sulfide) groups is 1. The third-order valence-electron chi connectivity index (χ3n) is 3.62. The van der Waals surface area contributed by atoms with E-state index in [0.717, 1.165) is 30.3 Å². The smallest absolute Gasteiger partial charge is 0.0642 e. The highest BCUT2D eigenvalue weighted by Crippen LogP contribution is 2.34. The quantitative estimate of drug-likeness (QED) is 0.925. The molecule has 1 aliphatic rings. The van der Waals surface area contributed by atoms with Gasteiger partial charge in [0, 0.05) is 23.6 Å². The zero-order valence-electron chi connectivity index (χ0n) is 11.8. The molecular formula is C15H23ClN2S. The van der Waals surface area contributed by atoms with Crippen LogP contribution in [0, 0.1) is 0 Å². The van der Waals surface area contributed by atoms with E-state index >= 15 is 0 Å². The molecule has 106 valence electrons. The fourth-order valence-corrected chi connectivity index (χ4v) is 3.81. The number of nitrogens with two attached hydrogens (primary N) is 1. The highest BCUT2D eigenvalue weighted by molar-refractivity contribution is 8.00. The number of hydrogen-bond acceptors (Lipinski definition) is 3. The fraction of sp³-hybridized carbons (Fsp3) is 0.600. The molecule has 0 aliphatic carbocycles. The van der Waals surface area contributed by atoms with Crippen LogP contribution in [0.4, 0.5) is 5.69 Å². The summed E-state index contributed by atoms with van der Waals surface area (Å²) in [6.45, 7) is 7.48. The van der Waals surface area contributed by atoms with E-state index in [1.807, 2.05) is 0 Å². The Hall–Kier alpha value is -0.380. The minimum atomic E-state index is 0.376. The zero-order chi connectivity index (χ0) is 13.9. The molecule has 19 heavy (non-hydrogen) atoms. The van der Waals surface area contributed by atoms with Crippen LogP contribution in [0.2, 0.25) is 5.02 Å². The van der Waals surface area contributed by atoms with Gasteiger partial charge in [-0.05, 0) is 37.1 Å². The molecular weight excluding hydrogens is 276 g/mol. The summed E-state index contributed by atoms with van der Waals surface area (Å²) in [4.78, 5) is 2.41. The van der Waals surface area contributed by atoms with Crippen LogP contribution >= 0.6 is 23.4 Å². The summed E-state index contributed by atoms with van der Waals surface area (Å²) in [5.74, 6) is 1.16. The lowest BCUT2D eigenvalue weighted by molar-refractivity contribution is 0.638. The fourth-order valence-electron chi connectivity index (χ4n) is 2.39. The maximum Gasteiger partial charge on any atom is 0.0642 e. The Morgan fingerprint density at radius 2 is 2.16 bits per heavy atom. The van der Waals surface area contributed by atoms with Gasteiger partial charge in [0.25, 0.3) is 0 Å². The van der Waals surface area contributed by atoms with Crippen LogP contribution < -0.4 is 10.6 Å². The van der Waals surface area contributed by atoms with Crippen molar-refractivity contribution in [3.05, 3.63) is 28.8 Å². The first-order chi connectivity index (χ1) is 9.02. The average molecular weight is 299 g/mol. The summed E-state index contributed by atoms with van der Waals surface area (Å²) in [6.07, 6.45) is 2.08. The molecule has 1 aromatic rings. The van der Waals surface area contributed by atoms with Gasteiger partial charge in [-0.1, -0.05) is 31.5 Å². The van der Waals surface area contributed by atoms with Crippen molar-refractivity contribution in [3.63, 3.8) is 0 Å². The zero-order valence-corrected chi connectivity index (χ0v) is 13.4. The molecule has 1 saturated heterocycles. The van der Waals surface area contributed by atoms with E-state index in [9.17, 15) is 0 Å². The van der Waals surface area contributed by atoms with Gasteiger partial charge >= 0.3 is 0 Å². The molecule has 2 N–H and O–H groups in total. The molecule has 2 nitrogen and oxygen atoms in total. The van der Waals surface area contributed by atoms with E-state index in [1.165, 1.54) is 17.7 Å². The first-order valence-corrected chi connectivity index (χ1v) is 8.25. The summed E-state index contributed by atoms with van der Waals surface area (Å²) in [5.41, 5.74) is 7.98. The van der Waals surface area contributed by atoms with E-state index in [4.69, 9.17) is 17.3 Å². The molecule has 1 fully saturated rings. The van der Waals surface area contributed by atoms with Crippen molar-refractivity contribution in [2.24, 2.45) is 5.73 Å². The van der Waals surface area contributed by atoms with Gasteiger partial charge in [0.05, 0.1) is 10.7 Å². The van der Waals surface area contributed by atoms with E-state index in [0.29, 0.717) is 11.3 Å². The molecule has 4 heteroatoms. The number of anilines is 1. The van der Waals surface area contributed by atoms with Gasteiger partial charge in [-0.2, -0.15) is 11.8 Å². The number of halogens is 1. The molecule has 0 unspecified atom stereocenters. The lowest BCUT2D eigenvalue weighted by Gasteiger charge is -2.25. The van der Waals surface area contributed by atoms with Gasteiger partial charge in [-0.3, -0.25) is 0 Å². The van der Waals surface area contributed by atoms with Crippen molar-refractivity contribution in [3.8, 4) is 0 Å². The predicted octanol–water partition coefficient (Wildman–Crippen LogP) is 3.56. The summed E-state index contributed by atoms with van der Waals surface area (Å²) in [6, 6.07) is 6.36. The van der Waals surface area contributed by atoms with Crippen LogP contribution in [-0.2, 0) is 6.42 Å². The highest BCUT2D eigenvalue weighted by atomic mass is 35.5. The van der Waals surface area contributed by atoms with Gasteiger partial charge in [0.2, 0.25) is 0 Å². The lowest BCUT2D eigenvalue weighted by Crippen LogP contribution is -2.27. The second-order valence-electron chi connectivity index (χ2n) is 5.67. The van der Waals surface area contributed by atoms with Crippen LogP contribution in [0.25, 0.3) is 0 Å². The van der Waals surface area contributed by atoms with Crippen molar-refractivity contribution >= 4 is 29.1 Å². The minimum absolute atomic E-state index is 0.376. The van der Waals surface area contributed by atoms with E-state index in [2.05, 4.69) is 48.7 Å². The first-order valence-electron chi connectivity index (χ1n) is 6.89. The van der Waals surface area contributed by atoms with E-state index in [-0.39, 0.29) is 0 Å². The summed E-state index contributed by atoms with van der Waals surface area (Å²) >= 11 is 8.49. The second kappa shape index (κ2) is 6.38. The number of hydrogen-bond donors (Lipinski definition) is 1. The molecule has 0 spiro atoms. The van der Waals surface area contributed by atoms with Crippen molar-refractivity contribution in [2.45, 2.75) is 31.4 Å². The number of rotatable bonds is 3. The first kappa shape index (κ1) is 15.0. The minimum Gasteiger partial charge on any atom is -0.369 e. The van der Waals surface area contributed by atoms with Crippen LogP contribution in [0.5, 0.6) is 0 Å². The summed E-state index contributed by atoms with van der Waals surface area (Å²) in [7, 11) is 0. The second-order valence-corrected chi connectivity index (χ2v) is 7.88. The highest BCUT2D eigenvalue weighted by Gasteiger charge is 2.24. The third-order valence-corrected chi connectivity index (χ3v) is 5.30. The maximum absolute atomic E-state index is 6.43. The number of nitrogens with zero attached hydrogens (tertiary/aromatic N) is 1. The van der Waals surface area contributed by atoms with Crippen LogP contribution in [0.1, 0.15) is 25.8 Å². The predicted molar refractivity (Wildman–Crippen MR) is 87.6 cm³/mol. The molecule has 1 aliphatic heterocycles. The Balaban J connectivity index is 2.13. The van der Waals surface area contributed by atoms with E-state index < -0.39 is 0 Å². The van der Waals surface area contributed by atoms with Crippen molar-refractivity contribution in [1.29, 1.82) is 0 Å².